The molecule has 0 fully saturated rings. The van der Waals surface area contributed by atoms with Gasteiger partial charge in [0.1, 0.15) is 17.6 Å². The zero-order chi connectivity index (χ0) is 9.84. The molecule has 0 aromatic heterocycles. The van der Waals surface area contributed by atoms with E-state index in [0.29, 0.717) is 16.6 Å². The molecule has 0 spiro atoms. The SMILES string of the molecule is COc1cc(C#N)c(F)c(CBr)c1. The minimum Gasteiger partial charge on any atom is -0.497 e. The summed E-state index contributed by atoms with van der Waals surface area (Å²) in [5.41, 5.74) is 0.435. The first kappa shape index (κ1) is 10.0. The lowest BCUT2D eigenvalue weighted by molar-refractivity contribution is 0.413. The van der Waals surface area contributed by atoms with Crippen LogP contribution in [0, 0.1) is 17.1 Å². The number of hydrogen-bond acceptors (Lipinski definition) is 2. The number of nitrogens with zero attached hydrogens (tertiary/aromatic N) is 1. The lowest BCUT2D eigenvalue weighted by Gasteiger charge is -2.04. The van der Waals surface area contributed by atoms with E-state index in [1.54, 1.807) is 12.1 Å². The van der Waals surface area contributed by atoms with Crippen LogP contribution in [0.5, 0.6) is 5.75 Å². The minimum absolute atomic E-state index is 0.00815. The monoisotopic (exact) mass is 243 g/mol. The highest BCUT2D eigenvalue weighted by molar-refractivity contribution is 9.08. The number of nitriles is 1. The second-order valence-electron chi connectivity index (χ2n) is 2.39. The normalized spacial score (nSPS) is 9.38. The van der Waals surface area contributed by atoms with Crippen LogP contribution in [0.2, 0.25) is 0 Å². The Kier molecular flexibility index (Phi) is 3.26. The average molecular weight is 244 g/mol. The van der Waals surface area contributed by atoms with E-state index < -0.39 is 5.82 Å². The fourth-order valence-electron chi connectivity index (χ4n) is 0.952. The van der Waals surface area contributed by atoms with E-state index in [1.165, 1.54) is 13.2 Å². The van der Waals surface area contributed by atoms with Crippen molar-refractivity contribution < 1.29 is 9.13 Å². The van der Waals surface area contributed by atoms with Crippen molar-refractivity contribution in [1.82, 2.24) is 0 Å². The highest BCUT2D eigenvalue weighted by atomic mass is 79.9. The van der Waals surface area contributed by atoms with Crippen molar-refractivity contribution in [2.45, 2.75) is 5.33 Å². The Morgan fingerprint density at radius 1 is 1.62 bits per heavy atom. The molecule has 0 aliphatic carbocycles. The van der Waals surface area contributed by atoms with Gasteiger partial charge in [0.15, 0.2) is 0 Å². The quantitative estimate of drug-likeness (QED) is 0.749. The van der Waals surface area contributed by atoms with E-state index in [2.05, 4.69) is 15.9 Å². The van der Waals surface area contributed by atoms with Crippen LogP contribution in [0.1, 0.15) is 11.1 Å². The standard InChI is InChI=1S/C9H7BrFNO/c1-13-8-2-6(4-10)9(11)7(3-8)5-12/h2-3H,4H2,1H3. The van der Waals surface area contributed by atoms with Crippen LogP contribution >= 0.6 is 15.9 Å². The maximum absolute atomic E-state index is 13.3. The van der Waals surface area contributed by atoms with Gasteiger partial charge in [-0.15, -0.1) is 0 Å². The molecule has 0 bridgehead atoms. The van der Waals surface area contributed by atoms with Crippen molar-refractivity contribution in [3.8, 4) is 11.8 Å². The molecule has 0 aliphatic rings. The lowest BCUT2D eigenvalue weighted by Crippen LogP contribution is -1.94. The summed E-state index contributed by atoms with van der Waals surface area (Å²) in [6.45, 7) is 0. The number of benzene rings is 1. The average Bonchev–Trinajstić information content (AvgIpc) is 2.18. The van der Waals surface area contributed by atoms with E-state index >= 15 is 0 Å². The highest BCUT2D eigenvalue weighted by Crippen LogP contribution is 2.22. The topological polar surface area (TPSA) is 33.0 Å². The number of alkyl halides is 1. The predicted molar refractivity (Wildman–Crippen MR) is 50.3 cm³/mol. The molecule has 1 rings (SSSR count). The van der Waals surface area contributed by atoms with E-state index in [-0.39, 0.29) is 5.56 Å². The Labute approximate surface area is 84.1 Å². The van der Waals surface area contributed by atoms with Gasteiger partial charge in [0, 0.05) is 17.0 Å². The third kappa shape index (κ3) is 1.99. The summed E-state index contributed by atoms with van der Waals surface area (Å²) >= 11 is 3.13. The van der Waals surface area contributed by atoms with Crippen LogP contribution in [0.3, 0.4) is 0 Å². The zero-order valence-electron chi connectivity index (χ0n) is 6.97. The Balaban J connectivity index is 3.31. The summed E-state index contributed by atoms with van der Waals surface area (Å²) in [5, 5.41) is 8.96. The first-order valence-corrected chi connectivity index (χ1v) is 4.67. The van der Waals surface area contributed by atoms with E-state index in [9.17, 15) is 4.39 Å². The van der Waals surface area contributed by atoms with E-state index in [0.717, 1.165) is 0 Å². The Hall–Kier alpha value is -1.08. The van der Waals surface area contributed by atoms with Crippen molar-refractivity contribution in [3.05, 3.63) is 29.1 Å². The van der Waals surface area contributed by atoms with Gasteiger partial charge in [-0.3, -0.25) is 0 Å². The van der Waals surface area contributed by atoms with Crippen molar-refractivity contribution in [1.29, 1.82) is 5.26 Å². The van der Waals surface area contributed by atoms with Gasteiger partial charge in [0.25, 0.3) is 0 Å². The number of rotatable bonds is 2. The molecule has 4 heteroatoms. The van der Waals surface area contributed by atoms with E-state index in [4.69, 9.17) is 10.00 Å². The Morgan fingerprint density at radius 2 is 2.31 bits per heavy atom. The van der Waals surface area contributed by atoms with Crippen molar-refractivity contribution in [2.75, 3.05) is 7.11 Å². The molecule has 1 aromatic rings. The summed E-state index contributed by atoms with van der Waals surface area (Å²) in [6, 6.07) is 4.71. The van der Waals surface area contributed by atoms with Gasteiger partial charge in [-0.2, -0.15) is 5.26 Å². The molecule has 68 valence electrons. The number of ether oxygens (including phenoxy) is 1. The smallest absolute Gasteiger partial charge is 0.145 e. The molecule has 0 N–H and O–H groups in total. The molecule has 0 saturated heterocycles. The van der Waals surface area contributed by atoms with Gasteiger partial charge in [-0.25, -0.2) is 4.39 Å². The first-order valence-electron chi connectivity index (χ1n) is 3.55. The summed E-state index contributed by atoms with van der Waals surface area (Å²) < 4.78 is 18.2. The summed E-state index contributed by atoms with van der Waals surface area (Å²) in [6.07, 6.45) is 0. The fourth-order valence-corrected chi connectivity index (χ4v) is 1.36. The Bertz CT molecular complexity index is 359. The molecule has 2 nitrogen and oxygen atoms in total. The van der Waals surface area contributed by atoms with Crippen LogP contribution in [0.25, 0.3) is 0 Å². The van der Waals surface area contributed by atoms with Crippen LogP contribution in [-0.4, -0.2) is 7.11 Å². The molecule has 0 aliphatic heterocycles. The van der Waals surface area contributed by atoms with Gasteiger partial charge in [0.05, 0.1) is 12.7 Å². The lowest BCUT2D eigenvalue weighted by atomic mass is 10.1. The molecular formula is C9H7BrFNO. The Morgan fingerprint density at radius 3 is 2.77 bits per heavy atom. The molecule has 0 radical (unpaired) electrons. The number of methoxy groups -OCH3 is 1. The van der Waals surface area contributed by atoms with Crippen LogP contribution in [-0.2, 0) is 5.33 Å². The van der Waals surface area contributed by atoms with Crippen molar-refractivity contribution in [2.24, 2.45) is 0 Å². The molecule has 0 amide bonds. The molecule has 0 saturated carbocycles. The molecular weight excluding hydrogens is 237 g/mol. The van der Waals surface area contributed by atoms with Crippen LogP contribution < -0.4 is 4.74 Å². The molecule has 1 aromatic carbocycles. The first-order chi connectivity index (χ1) is 6.22. The highest BCUT2D eigenvalue weighted by Gasteiger charge is 2.09. The summed E-state index contributed by atoms with van der Waals surface area (Å²) in [7, 11) is 1.48. The second-order valence-corrected chi connectivity index (χ2v) is 2.95. The van der Waals surface area contributed by atoms with Gasteiger partial charge in [-0.1, -0.05) is 15.9 Å². The van der Waals surface area contributed by atoms with Crippen molar-refractivity contribution >= 4 is 15.9 Å². The van der Waals surface area contributed by atoms with Gasteiger partial charge in [0.2, 0.25) is 0 Å². The molecule has 0 heterocycles. The molecule has 0 atom stereocenters. The maximum Gasteiger partial charge on any atom is 0.145 e. The third-order valence-electron chi connectivity index (χ3n) is 1.62. The van der Waals surface area contributed by atoms with E-state index in [1.807, 2.05) is 0 Å². The van der Waals surface area contributed by atoms with Gasteiger partial charge in [-0.05, 0) is 6.07 Å². The van der Waals surface area contributed by atoms with Gasteiger partial charge >= 0.3 is 0 Å². The van der Waals surface area contributed by atoms with Crippen LogP contribution in [0.4, 0.5) is 4.39 Å². The fraction of sp³-hybridized carbons (Fsp3) is 0.222. The predicted octanol–water partition coefficient (Wildman–Crippen LogP) is 2.60. The second kappa shape index (κ2) is 4.24. The van der Waals surface area contributed by atoms with Crippen molar-refractivity contribution in [3.63, 3.8) is 0 Å². The third-order valence-corrected chi connectivity index (χ3v) is 2.23. The molecule has 0 unspecified atom stereocenters. The largest absolute Gasteiger partial charge is 0.497 e. The summed E-state index contributed by atoms with van der Waals surface area (Å²) in [4.78, 5) is 0. The zero-order valence-corrected chi connectivity index (χ0v) is 8.56. The maximum atomic E-state index is 13.3. The minimum atomic E-state index is -0.486. The number of halogens is 2. The van der Waals surface area contributed by atoms with Gasteiger partial charge < -0.3 is 4.74 Å². The summed E-state index contributed by atoms with van der Waals surface area (Å²) in [5.74, 6) is 0.00701. The number of hydrogen-bond donors (Lipinski definition) is 0. The van der Waals surface area contributed by atoms with Crippen LogP contribution in [0.15, 0.2) is 12.1 Å². The molecule has 13 heavy (non-hydrogen) atoms.